The maximum absolute atomic E-state index is 12.9. The van der Waals surface area contributed by atoms with Crippen molar-refractivity contribution < 1.29 is 9.53 Å². The Hall–Kier alpha value is -1.57. The van der Waals surface area contributed by atoms with Gasteiger partial charge in [0.25, 0.3) is 5.91 Å². The lowest BCUT2D eigenvalue weighted by Crippen LogP contribution is -2.50. The van der Waals surface area contributed by atoms with Crippen molar-refractivity contribution >= 4 is 43.5 Å². The molecule has 2 atom stereocenters. The number of benzene rings is 2. The summed E-state index contributed by atoms with van der Waals surface area (Å²) in [4.78, 5) is 15.5. The summed E-state index contributed by atoms with van der Waals surface area (Å²) in [6.45, 7) is 0.966. The van der Waals surface area contributed by atoms with E-state index in [2.05, 4.69) is 66.3 Å². The first kappa shape index (κ1) is 20.7. The van der Waals surface area contributed by atoms with Crippen molar-refractivity contribution in [3.8, 4) is 5.75 Å². The van der Waals surface area contributed by atoms with Crippen LogP contribution in [0, 0.1) is 0 Å². The van der Waals surface area contributed by atoms with E-state index in [1.165, 1.54) is 18.4 Å². The van der Waals surface area contributed by atoms with Gasteiger partial charge in [-0.2, -0.15) is 0 Å². The van der Waals surface area contributed by atoms with E-state index in [0.29, 0.717) is 33.6 Å². The third kappa shape index (κ3) is 4.47. The quantitative estimate of drug-likeness (QED) is 0.557. The molecule has 2 heterocycles. The number of hydrogen-bond donors (Lipinski definition) is 2. The lowest BCUT2D eigenvalue weighted by atomic mass is 9.96. The van der Waals surface area contributed by atoms with E-state index in [4.69, 9.17) is 10.5 Å². The normalized spacial score (nSPS) is 23.8. The summed E-state index contributed by atoms with van der Waals surface area (Å²) >= 11 is 6.97. The van der Waals surface area contributed by atoms with Crippen LogP contribution in [0.1, 0.15) is 41.6 Å². The number of halogens is 2. The topological polar surface area (TPSA) is 67.6 Å². The minimum atomic E-state index is -0.104. The number of fused-ring (bicyclic) bond motifs is 2. The summed E-state index contributed by atoms with van der Waals surface area (Å²) in [5.74, 6) is 0.394. The van der Waals surface area contributed by atoms with Crippen molar-refractivity contribution in [1.82, 2.24) is 10.2 Å². The number of piperidine rings is 1. The van der Waals surface area contributed by atoms with Crippen molar-refractivity contribution in [1.29, 1.82) is 0 Å². The molecule has 7 heteroatoms. The average Bonchev–Trinajstić information content (AvgIpc) is 2.92. The smallest absolute Gasteiger partial charge is 0.255 e. The predicted molar refractivity (Wildman–Crippen MR) is 122 cm³/mol. The Balaban J connectivity index is 1.43. The van der Waals surface area contributed by atoms with E-state index in [0.717, 1.165) is 23.9 Å². The molecule has 1 amide bonds. The van der Waals surface area contributed by atoms with Gasteiger partial charge in [0.15, 0.2) is 0 Å². The fraction of sp³-hybridized carbons (Fsp3) is 0.409. The van der Waals surface area contributed by atoms with Gasteiger partial charge < -0.3 is 15.8 Å². The van der Waals surface area contributed by atoms with Gasteiger partial charge >= 0.3 is 0 Å². The van der Waals surface area contributed by atoms with Gasteiger partial charge in [-0.15, -0.1) is 0 Å². The fourth-order valence-electron chi connectivity index (χ4n) is 4.67. The number of rotatable bonds is 5. The monoisotopic (exact) mass is 521 g/mol. The Morgan fingerprint density at radius 2 is 1.93 bits per heavy atom. The number of ether oxygens (including phenoxy) is 1. The molecule has 0 aromatic heterocycles. The minimum Gasteiger partial charge on any atom is -0.496 e. The fourth-order valence-corrected chi connectivity index (χ4v) is 5.46. The first-order chi connectivity index (χ1) is 13.9. The lowest BCUT2D eigenvalue weighted by Gasteiger charge is -2.39. The highest BCUT2D eigenvalue weighted by Crippen LogP contribution is 2.37. The molecule has 2 aromatic carbocycles. The van der Waals surface area contributed by atoms with Crippen LogP contribution >= 0.6 is 31.9 Å². The van der Waals surface area contributed by atoms with Crippen LogP contribution in [0.25, 0.3) is 0 Å². The zero-order valence-electron chi connectivity index (χ0n) is 16.3. The predicted octanol–water partition coefficient (Wildman–Crippen LogP) is 4.73. The van der Waals surface area contributed by atoms with Crippen LogP contribution in [0.2, 0.25) is 0 Å². The molecule has 2 aliphatic heterocycles. The first-order valence-electron chi connectivity index (χ1n) is 9.88. The van der Waals surface area contributed by atoms with Crippen molar-refractivity contribution in [3.05, 3.63) is 56.5 Å². The van der Waals surface area contributed by atoms with Crippen LogP contribution < -0.4 is 15.8 Å². The number of methoxy groups -OCH3 is 1. The van der Waals surface area contributed by atoms with Crippen LogP contribution in [-0.4, -0.2) is 36.0 Å². The second-order valence-corrected chi connectivity index (χ2v) is 9.67. The molecule has 2 saturated heterocycles. The zero-order chi connectivity index (χ0) is 20.5. The van der Waals surface area contributed by atoms with Gasteiger partial charge in [-0.1, -0.05) is 28.1 Å². The maximum atomic E-state index is 12.9. The number of nitrogens with two attached hydrogens (primary N) is 1. The highest BCUT2D eigenvalue weighted by molar-refractivity contribution is 9.10. The Morgan fingerprint density at radius 1 is 1.21 bits per heavy atom. The number of anilines is 1. The minimum absolute atomic E-state index is 0.104. The van der Waals surface area contributed by atoms with E-state index in [1.807, 2.05) is 0 Å². The Labute approximate surface area is 188 Å². The number of amides is 1. The SMILES string of the molecule is COc1cc(N)c(Br)cc1C(=O)NC1CC2CCC(C1)N2Cc1cccc(Br)c1. The Bertz CT molecular complexity index is 907. The molecular formula is C22H25Br2N3O2. The van der Waals surface area contributed by atoms with Crippen LogP contribution in [0.4, 0.5) is 5.69 Å². The standard InChI is InChI=1S/C22H25Br2N3O2/c1-29-21-11-20(25)19(24)10-18(21)22(28)26-15-8-16-5-6-17(9-15)27(16)12-13-3-2-4-14(23)7-13/h2-4,7,10-11,15-17H,5-6,8-9,12,25H2,1H3,(H,26,28). The molecule has 2 unspecified atom stereocenters. The number of nitrogens with zero attached hydrogens (tertiary/aromatic N) is 1. The van der Waals surface area contributed by atoms with Crippen LogP contribution in [0.15, 0.2) is 45.3 Å². The van der Waals surface area contributed by atoms with Gasteiger partial charge in [-0.25, -0.2) is 0 Å². The summed E-state index contributed by atoms with van der Waals surface area (Å²) in [7, 11) is 1.56. The largest absolute Gasteiger partial charge is 0.496 e. The summed E-state index contributed by atoms with van der Waals surface area (Å²) in [5, 5.41) is 3.24. The van der Waals surface area contributed by atoms with E-state index in [1.54, 1.807) is 19.2 Å². The van der Waals surface area contributed by atoms with E-state index in [9.17, 15) is 4.79 Å². The molecule has 5 nitrogen and oxygen atoms in total. The van der Waals surface area contributed by atoms with Gasteiger partial charge in [0.05, 0.1) is 12.7 Å². The summed E-state index contributed by atoms with van der Waals surface area (Å²) in [6, 6.07) is 13.2. The van der Waals surface area contributed by atoms with E-state index >= 15 is 0 Å². The van der Waals surface area contributed by atoms with Crippen LogP contribution in [0.3, 0.4) is 0 Å². The molecular weight excluding hydrogens is 498 g/mol. The van der Waals surface area contributed by atoms with E-state index < -0.39 is 0 Å². The molecule has 0 spiro atoms. The first-order valence-corrected chi connectivity index (χ1v) is 11.5. The number of hydrogen-bond acceptors (Lipinski definition) is 4. The van der Waals surface area contributed by atoms with Crippen LogP contribution in [-0.2, 0) is 6.54 Å². The third-order valence-electron chi connectivity index (χ3n) is 6.04. The molecule has 2 fully saturated rings. The van der Waals surface area contributed by atoms with Crippen molar-refractivity contribution in [3.63, 3.8) is 0 Å². The molecule has 3 N–H and O–H groups in total. The molecule has 2 aliphatic rings. The Morgan fingerprint density at radius 3 is 2.59 bits per heavy atom. The van der Waals surface area contributed by atoms with Gasteiger partial charge in [0, 0.05) is 45.4 Å². The molecule has 2 aromatic rings. The molecule has 0 saturated carbocycles. The highest BCUT2D eigenvalue weighted by atomic mass is 79.9. The van der Waals surface area contributed by atoms with Gasteiger partial charge in [0.2, 0.25) is 0 Å². The van der Waals surface area contributed by atoms with E-state index in [-0.39, 0.29) is 11.9 Å². The van der Waals surface area contributed by atoms with Crippen LogP contribution in [0.5, 0.6) is 5.75 Å². The molecule has 0 radical (unpaired) electrons. The Kier molecular flexibility index (Phi) is 6.18. The zero-order valence-corrected chi connectivity index (χ0v) is 19.5. The summed E-state index contributed by atoms with van der Waals surface area (Å²) < 4.78 is 7.19. The van der Waals surface area contributed by atoms with Crippen molar-refractivity contribution in [2.45, 2.75) is 50.4 Å². The number of nitrogen functional groups attached to an aromatic ring is 1. The highest BCUT2D eigenvalue weighted by Gasteiger charge is 2.41. The maximum Gasteiger partial charge on any atom is 0.255 e. The van der Waals surface area contributed by atoms with Gasteiger partial charge in [-0.05, 0) is 65.4 Å². The number of carbonyl (C=O) groups is 1. The molecule has 154 valence electrons. The average molecular weight is 523 g/mol. The van der Waals surface area contributed by atoms with Gasteiger partial charge in [0.1, 0.15) is 5.75 Å². The molecule has 2 bridgehead atoms. The van der Waals surface area contributed by atoms with Crippen molar-refractivity contribution in [2.24, 2.45) is 0 Å². The molecule has 4 rings (SSSR count). The van der Waals surface area contributed by atoms with Gasteiger partial charge in [-0.3, -0.25) is 9.69 Å². The van der Waals surface area contributed by atoms with Crippen molar-refractivity contribution in [2.75, 3.05) is 12.8 Å². The molecule has 29 heavy (non-hydrogen) atoms. The second kappa shape index (κ2) is 8.66. The number of carbonyl (C=O) groups excluding carboxylic acids is 1. The molecule has 0 aliphatic carbocycles. The third-order valence-corrected chi connectivity index (χ3v) is 7.22. The summed E-state index contributed by atoms with van der Waals surface area (Å²) in [5.41, 5.74) is 8.31. The second-order valence-electron chi connectivity index (χ2n) is 7.90. The number of nitrogens with one attached hydrogen (secondary N) is 1. The summed E-state index contributed by atoms with van der Waals surface area (Å²) in [6.07, 6.45) is 4.35. The lowest BCUT2D eigenvalue weighted by molar-refractivity contribution is 0.0825.